The number of hydrogen-bond donors (Lipinski definition) is 3. The summed E-state index contributed by atoms with van der Waals surface area (Å²) in [6, 6.07) is 18.4. The monoisotopic (exact) mass is 460 g/mol. The molecule has 0 atom stereocenters. The Balaban J connectivity index is 1.85. The highest BCUT2D eigenvalue weighted by molar-refractivity contribution is 6.05. The number of hydrogen-bond acceptors (Lipinski definition) is 7. The number of phenolic OH excluding ortho intramolecular Hbond substituents is 1. The van der Waals surface area contributed by atoms with Gasteiger partial charge in [-0.15, -0.1) is 0 Å². The molecule has 3 rings (SSSR count). The van der Waals surface area contributed by atoms with Crippen molar-refractivity contribution >= 4 is 29.8 Å². The van der Waals surface area contributed by atoms with E-state index in [1.807, 2.05) is 0 Å². The fourth-order valence-electron chi connectivity index (χ4n) is 2.84. The maximum Gasteiger partial charge on any atom is 0.287 e. The molecule has 0 bridgehead atoms. The summed E-state index contributed by atoms with van der Waals surface area (Å²) < 4.78 is 5.03. The molecule has 0 aliphatic carbocycles. The summed E-state index contributed by atoms with van der Waals surface area (Å²) in [4.78, 5) is 35.9. The van der Waals surface area contributed by atoms with Gasteiger partial charge in [-0.05, 0) is 47.5 Å². The lowest BCUT2D eigenvalue weighted by Crippen LogP contribution is -2.32. The fourth-order valence-corrected chi connectivity index (χ4v) is 2.84. The van der Waals surface area contributed by atoms with E-state index >= 15 is 0 Å². The maximum atomic E-state index is 12.8. The summed E-state index contributed by atoms with van der Waals surface area (Å²) >= 11 is 0. The first-order chi connectivity index (χ1) is 16.4. The van der Waals surface area contributed by atoms with Gasteiger partial charge in [-0.1, -0.05) is 30.3 Å². The van der Waals surface area contributed by atoms with Gasteiger partial charge < -0.3 is 15.2 Å². The summed E-state index contributed by atoms with van der Waals surface area (Å²) in [6.45, 7) is 0. The quantitative estimate of drug-likeness (QED) is 0.204. The number of hydrazone groups is 1. The Morgan fingerprint density at radius 2 is 1.79 bits per heavy atom. The molecule has 3 aromatic rings. The lowest BCUT2D eigenvalue weighted by molar-refractivity contribution is -0.384. The van der Waals surface area contributed by atoms with Gasteiger partial charge in [-0.3, -0.25) is 19.7 Å². The van der Waals surface area contributed by atoms with Crippen LogP contribution in [0.1, 0.15) is 21.5 Å². The Bertz CT molecular complexity index is 1270. The lowest BCUT2D eigenvalue weighted by atomic mass is 10.1. The van der Waals surface area contributed by atoms with Crippen molar-refractivity contribution in [3.8, 4) is 11.5 Å². The molecule has 0 aliphatic rings. The van der Waals surface area contributed by atoms with Crippen LogP contribution in [0.5, 0.6) is 11.5 Å². The van der Waals surface area contributed by atoms with Crippen LogP contribution in [0, 0.1) is 10.1 Å². The second-order valence-electron chi connectivity index (χ2n) is 6.86. The average Bonchev–Trinajstić information content (AvgIpc) is 2.85. The molecule has 0 aliphatic heterocycles. The molecule has 3 aromatic carbocycles. The van der Waals surface area contributed by atoms with Crippen LogP contribution in [0.25, 0.3) is 6.08 Å². The number of methoxy groups -OCH3 is 1. The predicted octanol–water partition coefficient (Wildman–Crippen LogP) is 3.23. The molecule has 0 fully saturated rings. The highest BCUT2D eigenvalue weighted by Gasteiger charge is 2.15. The number of amides is 2. The number of ether oxygens (including phenoxy) is 1. The van der Waals surface area contributed by atoms with Crippen LogP contribution in [-0.2, 0) is 4.79 Å². The van der Waals surface area contributed by atoms with E-state index in [4.69, 9.17) is 4.74 Å². The topological polar surface area (TPSA) is 143 Å². The van der Waals surface area contributed by atoms with Gasteiger partial charge in [-0.2, -0.15) is 5.10 Å². The second-order valence-corrected chi connectivity index (χ2v) is 6.86. The zero-order valence-corrected chi connectivity index (χ0v) is 18.0. The van der Waals surface area contributed by atoms with Crippen LogP contribution < -0.4 is 15.5 Å². The number of aromatic hydroxyl groups is 1. The Labute approximate surface area is 194 Å². The zero-order valence-electron chi connectivity index (χ0n) is 18.0. The predicted molar refractivity (Wildman–Crippen MR) is 125 cm³/mol. The minimum atomic E-state index is -0.752. The van der Waals surface area contributed by atoms with Gasteiger partial charge >= 0.3 is 0 Å². The summed E-state index contributed by atoms with van der Waals surface area (Å²) in [5.41, 5.74) is 3.16. The van der Waals surface area contributed by atoms with Gasteiger partial charge in [0, 0.05) is 17.7 Å². The highest BCUT2D eigenvalue weighted by Crippen LogP contribution is 2.25. The van der Waals surface area contributed by atoms with E-state index in [1.165, 1.54) is 49.7 Å². The number of nitrogens with zero attached hydrogens (tertiary/aromatic N) is 2. The minimum absolute atomic E-state index is 0.0468. The Hall–Kier alpha value is -4.99. The van der Waals surface area contributed by atoms with E-state index in [2.05, 4.69) is 15.8 Å². The van der Waals surface area contributed by atoms with Gasteiger partial charge in [0.2, 0.25) is 0 Å². The smallest absolute Gasteiger partial charge is 0.287 e. The van der Waals surface area contributed by atoms with E-state index in [-0.39, 0.29) is 22.9 Å². The average molecular weight is 460 g/mol. The lowest BCUT2D eigenvalue weighted by Gasteiger charge is -2.09. The number of benzene rings is 3. The van der Waals surface area contributed by atoms with Crippen molar-refractivity contribution in [2.75, 3.05) is 7.11 Å². The van der Waals surface area contributed by atoms with E-state index in [9.17, 15) is 24.8 Å². The minimum Gasteiger partial charge on any atom is -0.504 e. The van der Waals surface area contributed by atoms with Crippen molar-refractivity contribution in [2.24, 2.45) is 5.10 Å². The number of nitro groups is 1. The van der Waals surface area contributed by atoms with Crippen molar-refractivity contribution in [2.45, 2.75) is 0 Å². The van der Waals surface area contributed by atoms with E-state index in [1.54, 1.807) is 42.5 Å². The number of carbonyl (C=O) groups is 2. The van der Waals surface area contributed by atoms with E-state index in [0.29, 0.717) is 16.7 Å². The first kappa shape index (κ1) is 23.7. The molecule has 10 heteroatoms. The van der Waals surface area contributed by atoms with Crippen molar-refractivity contribution in [3.05, 3.63) is 105 Å². The van der Waals surface area contributed by atoms with Crippen LogP contribution in [0.2, 0.25) is 0 Å². The number of rotatable bonds is 8. The summed E-state index contributed by atoms with van der Waals surface area (Å²) in [5, 5.41) is 27.1. The van der Waals surface area contributed by atoms with E-state index < -0.39 is 16.7 Å². The standard InChI is InChI=1S/C24H20N4O6/c1-34-22-14-17(10-11-21(22)29)15-25-27-24(31)20(26-23(30)18-7-3-2-4-8-18)13-16-6-5-9-19(12-16)28(32)33/h2-15,29H,1H3,(H,26,30)(H,27,31). The van der Waals surface area contributed by atoms with Gasteiger partial charge in [0.25, 0.3) is 17.5 Å². The number of nitro benzene ring substituents is 1. The van der Waals surface area contributed by atoms with Gasteiger partial charge in [0.05, 0.1) is 18.2 Å². The molecule has 0 saturated carbocycles. The van der Waals surface area contributed by atoms with Crippen molar-refractivity contribution < 1.29 is 24.4 Å². The molecule has 3 N–H and O–H groups in total. The molecule has 34 heavy (non-hydrogen) atoms. The molecule has 0 saturated heterocycles. The molecule has 0 radical (unpaired) electrons. The SMILES string of the molecule is COc1cc(C=NNC(=O)C(=Cc2cccc([N+](=O)[O-])c2)NC(=O)c2ccccc2)ccc1O. The number of non-ortho nitro benzene ring substituents is 1. The number of phenols is 1. The molecule has 2 amide bonds. The normalized spacial score (nSPS) is 11.1. The number of carbonyl (C=O) groups excluding carboxylic acids is 2. The van der Waals surface area contributed by atoms with E-state index in [0.717, 1.165) is 0 Å². The van der Waals surface area contributed by atoms with Crippen LogP contribution in [0.15, 0.2) is 83.6 Å². The maximum absolute atomic E-state index is 12.8. The Kier molecular flexibility index (Phi) is 7.69. The second kappa shape index (κ2) is 11.0. The van der Waals surface area contributed by atoms with Crippen LogP contribution >= 0.6 is 0 Å². The third-order valence-corrected chi connectivity index (χ3v) is 4.50. The molecule has 0 spiro atoms. The Morgan fingerprint density at radius 1 is 1.03 bits per heavy atom. The molecule has 0 heterocycles. The van der Waals surface area contributed by atoms with Gasteiger partial charge in [0.15, 0.2) is 11.5 Å². The van der Waals surface area contributed by atoms with Crippen LogP contribution in [-0.4, -0.2) is 35.2 Å². The largest absolute Gasteiger partial charge is 0.504 e. The molecule has 10 nitrogen and oxygen atoms in total. The van der Waals surface area contributed by atoms with Crippen molar-refractivity contribution in [3.63, 3.8) is 0 Å². The Morgan fingerprint density at radius 3 is 2.50 bits per heavy atom. The molecule has 0 unspecified atom stereocenters. The third-order valence-electron chi connectivity index (χ3n) is 4.50. The summed E-state index contributed by atoms with van der Waals surface area (Å²) in [6.07, 6.45) is 2.63. The van der Waals surface area contributed by atoms with Crippen LogP contribution in [0.3, 0.4) is 0 Å². The van der Waals surface area contributed by atoms with Gasteiger partial charge in [-0.25, -0.2) is 5.43 Å². The fraction of sp³-hybridized carbons (Fsp3) is 0.0417. The zero-order chi connectivity index (χ0) is 24.5. The van der Waals surface area contributed by atoms with Gasteiger partial charge in [0.1, 0.15) is 5.70 Å². The number of nitrogens with one attached hydrogen (secondary N) is 2. The highest BCUT2D eigenvalue weighted by atomic mass is 16.6. The van der Waals surface area contributed by atoms with Crippen LogP contribution in [0.4, 0.5) is 5.69 Å². The van der Waals surface area contributed by atoms with Crippen molar-refractivity contribution in [1.82, 2.24) is 10.7 Å². The molecular formula is C24H20N4O6. The molecular weight excluding hydrogens is 440 g/mol. The summed E-state index contributed by atoms with van der Waals surface area (Å²) in [5.74, 6) is -1.11. The molecule has 172 valence electrons. The third kappa shape index (κ3) is 6.26. The summed E-state index contributed by atoms with van der Waals surface area (Å²) in [7, 11) is 1.40. The van der Waals surface area contributed by atoms with Crippen molar-refractivity contribution in [1.29, 1.82) is 0 Å². The molecule has 0 aromatic heterocycles. The first-order valence-electron chi connectivity index (χ1n) is 9.90. The first-order valence-corrected chi connectivity index (χ1v) is 9.90.